The van der Waals surface area contributed by atoms with Gasteiger partial charge in [0.05, 0.1) is 5.69 Å². The van der Waals surface area contributed by atoms with Gasteiger partial charge in [-0.25, -0.2) is 0 Å². The number of hydrogen-bond acceptors (Lipinski definition) is 2. The number of nitrogens with one attached hydrogen (secondary N) is 2. The average molecular weight is 377 g/mol. The number of hydrogen-bond donors (Lipinski definition) is 2. The molecule has 0 heterocycles. The van der Waals surface area contributed by atoms with Crippen molar-refractivity contribution in [2.45, 2.75) is 44.1 Å². The van der Waals surface area contributed by atoms with E-state index in [0.717, 1.165) is 41.5 Å². The molecule has 4 fully saturated rings. The van der Waals surface area contributed by atoms with Gasteiger partial charge in [-0.15, -0.1) is 0 Å². The number of amides is 2. The molecule has 4 saturated carbocycles. The second-order valence-corrected chi connectivity index (χ2v) is 8.44. The lowest BCUT2D eigenvalue weighted by Gasteiger charge is -2.56. The van der Waals surface area contributed by atoms with Gasteiger partial charge in [-0.2, -0.15) is 0 Å². The molecule has 5 heteroatoms. The fourth-order valence-corrected chi connectivity index (χ4v) is 5.69. The predicted octanol–water partition coefficient (Wildman–Crippen LogP) is 3.47. The maximum atomic E-state index is 12.4. The maximum absolute atomic E-state index is 12.4. The molecule has 0 radical (unpaired) electrons. The average Bonchev–Trinajstić information content (AvgIpc) is 2.47. The minimum Gasteiger partial charge on any atom is -0.342 e. The largest absolute Gasteiger partial charge is 0.342 e. The minimum absolute atomic E-state index is 0.128. The first-order chi connectivity index (χ1) is 11.0. The van der Waals surface area contributed by atoms with Gasteiger partial charge in [0, 0.05) is 10.0 Å². The highest BCUT2D eigenvalue weighted by atomic mass is 79.9. The first-order valence-corrected chi connectivity index (χ1v) is 9.20. The van der Waals surface area contributed by atoms with Crippen molar-refractivity contribution >= 4 is 33.4 Å². The summed E-state index contributed by atoms with van der Waals surface area (Å²) in [5.74, 6) is 1.16. The van der Waals surface area contributed by atoms with Crippen LogP contribution in [0.3, 0.4) is 0 Å². The molecule has 2 amide bonds. The number of halogens is 1. The molecule has 23 heavy (non-hydrogen) atoms. The van der Waals surface area contributed by atoms with Crippen molar-refractivity contribution in [3.8, 4) is 0 Å². The van der Waals surface area contributed by atoms with Crippen molar-refractivity contribution < 1.29 is 9.59 Å². The van der Waals surface area contributed by atoms with Crippen molar-refractivity contribution in [2.24, 2.45) is 17.8 Å². The van der Waals surface area contributed by atoms with Gasteiger partial charge < -0.3 is 10.6 Å². The first kappa shape index (κ1) is 15.2. The number of rotatable bonds is 2. The molecule has 4 nitrogen and oxygen atoms in total. The molecule has 1 aromatic rings. The van der Waals surface area contributed by atoms with Crippen molar-refractivity contribution in [1.29, 1.82) is 0 Å². The van der Waals surface area contributed by atoms with E-state index in [2.05, 4.69) is 26.6 Å². The van der Waals surface area contributed by atoms with E-state index in [1.165, 1.54) is 19.3 Å². The normalized spacial score (nSPS) is 34.2. The molecule has 4 aliphatic carbocycles. The summed E-state index contributed by atoms with van der Waals surface area (Å²) in [5.41, 5.74) is 0.495. The molecular formula is C18H21BrN2O2. The van der Waals surface area contributed by atoms with Crippen molar-refractivity contribution in [3.05, 3.63) is 28.7 Å². The summed E-state index contributed by atoms with van der Waals surface area (Å²) in [6.45, 7) is 0. The topological polar surface area (TPSA) is 58.2 Å². The SMILES string of the molecule is O=C(Nc1ccccc1Br)C(=O)NC12CC3CC(CC(C3)C1)C2. The fraction of sp³-hybridized carbons (Fsp3) is 0.556. The Kier molecular flexibility index (Phi) is 3.71. The molecule has 0 aliphatic heterocycles. The number of anilines is 1. The van der Waals surface area contributed by atoms with Gasteiger partial charge in [0.2, 0.25) is 0 Å². The lowest BCUT2D eigenvalue weighted by molar-refractivity contribution is -0.139. The third-order valence-corrected chi connectivity index (χ3v) is 6.44. The summed E-state index contributed by atoms with van der Waals surface area (Å²) in [4.78, 5) is 24.6. The Morgan fingerprint density at radius 3 is 2.09 bits per heavy atom. The molecule has 0 unspecified atom stereocenters. The van der Waals surface area contributed by atoms with E-state index < -0.39 is 11.8 Å². The van der Waals surface area contributed by atoms with Crippen LogP contribution in [0.2, 0.25) is 0 Å². The summed E-state index contributed by atoms with van der Waals surface area (Å²) >= 11 is 3.38. The fourth-order valence-electron chi connectivity index (χ4n) is 5.30. The van der Waals surface area contributed by atoms with Crippen LogP contribution in [-0.4, -0.2) is 17.4 Å². The summed E-state index contributed by atoms with van der Waals surface area (Å²) in [5, 5.41) is 5.79. The summed E-state index contributed by atoms with van der Waals surface area (Å²) < 4.78 is 0.774. The Morgan fingerprint density at radius 1 is 0.957 bits per heavy atom. The monoisotopic (exact) mass is 376 g/mol. The zero-order chi connectivity index (χ0) is 16.0. The summed E-state index contributed by atoms with van der Waals surface area (Å²) in [6.07, 6.45) is 7.10. The second-order valence-electron chi connectivity index (χ2n) is 7.59. The number of para-hydroxylation sites is 1. The van der Waals surface area contributed by atoms with Gasteiger partial charge in [0.25, 0.3) is 0 Å². The van der Waals surface area contributed by atoms with Gasteiger partial charge in [-0.3, -0.25) is 9.59 Å². The third-order valence-electron chi connectivity index (χ3n) is 5.75. The quantitative estimate of drug-likeness (QED) is 0.776. The second kappa shape index (κ2) is 5.62. The van der Waals surface area contributed by atoms with Crippen LogP contribution in [0.4, 0.5) is 5.69 Å². The lowest BCUT2D eigenvalue weighted by Crippen LogP contribution is -2.61. The van der Waals surface area contributed by atoms with E-state index in [0.29, 0.717) is 5.69 Å². The van der Waals surface area contributed by atoms with Crippen molar-refractivity contribution in [1.82, 2.24) is 5.32 Å². The van der Waals surface area contributed by atoms with Crippen molar-refractivity contribution in [3.63, 3.8) is 0 Å². The number of carbonyl (C=O) groups is 2. The Labute approximate surface area is 144 Å². The van der Waals surface area contributed by atoms with E-state index in [-0.39, 0.29) is 5.54 Å². The minimum atomic E-state index is -0.576. The maximum Gasteiger partial charge on any atom is 0.313 e. The standard InChI is InChI=1S/C18H21BrN2O2/c19-14-3-1-2-4-15(14)20-16(22)17(23)21-18-8-11-5-12(9-18)7-13(6-11)10-18/h1-4,11-13H,5-10H2,(H,20,22)(H,21,23). The van der Waals surface area contributed by atoms with Gasteiger partial charge >= 0.3 is 11.8 Å². The molecular weight excluding hydrogens is 356 g/mol. The van der Waals surface area contributed by atoms with Crippen LogP contribution in [0, 0.1) is 17.8 Å². The molecule has 5 rings (SSSR count). The summed E-state index contributed by atoms with van der Waals surface area (Å²) in [6, 6.07) is 7.32. The molecule has 4 bridgehead atoms. The predicted molar refractivity (Wildman–Crippen MR) is 91.8 cm³/mol. The van der Waals surface area contributed by atoms with Crippen LogP contribution >= 0.6 is 15.9 Å². The molecule has 0 saturated heterocycles. The van der Waals surface area contributed by atoms with Crippen LogP contribution in [0.25, 0.3) is 0 Å². The number of benzene rings is 1. The Balaban J connectivity index is 1.44. The number of carbonyl (C=O) groups excluding carboxylic acids is 2. The van der Waals surface area contributed by atoms with E-state index in [1.807, 2.05) is 18.2 Å². The molecule has 0 spiro atoms. The van der Waals surface area contributed by atoms with E-state index >= 15 is 0 Å². The van der Waals surface area contributed by atoms with E-state index in [4.69, 9.17) is 0 Å². The Bertz CT molecular complexity index is 623. The molecule has 1 aromatic carbocycles. The highest BCUT2D eigenvalue weighted by Gasteiger charge is 2.51. The molecule has 0 atom stereocenters. The smallest absolute Gasteiger partial charge is 0.313 e. The highest BCUT2D eigenvalue weighted by Crippen LogP contribution is 2.55. The van der Waals surface area contributed by atoms with Gasteiger partial charge in [0.1, 0.15) is 0 Å². The zero-order valence-corrected chi connectivity index (χ0v) is 14.6. The van der Waals surface area contributed by atoms with Crippen LogP contribution in [0.15, 0.2) is 28.7 Å². The highest BCUT2D eigenvalue weighted by molar-refractivity contribution is 9.10. The van der Waals surface area contributed by atoms with Crippen molar-refractivity contribution in [2.75, 3.05) is 5.32 Å². The molecule has 122 valence electrons. The molecule has 2 N–H and O–H groups in total. The van der Waals surface area contributed by atoms with Gasteiger partial charge in [-0.05, 0) is 84.3 Å². The molecule has 0 aromatic heterocycles. The van der Waals surface area contributed by atoms with E-state index in [1.54, 1.807) is 6.07 Å². The van der Waals surface area contributed by atoms with Crippen LogP contribution < -0.4 is 10.6 Å². The third kappa shape index (κ3) is 2.91. The molecule has 4 aliphatic rings. The zero-order valence-electron chi connectivity index (χ0n) is 13.0. The van der Waals surface area contributed by atoms with E-state index in [9.17, 15) is 9.59 Å². The summed E-state index contributed by atoms with van der Waals surface area (Å²) in [7, 11) is 0. The Hall–Kier alpha value is -1.36. The lowest BCUT2D eigenvalue weighted by atomic mass is 9.53. The van der Waals surface area contributed by atoms with Crippen LogP contribution in [0.5, 0.6) is 0 Å². The van der Waals surface area contributed by atoms with Gasteiger partial charge in [-0.1, -0.05) is 12.1 Å². The first-order valence-electron chi connectivity index (χ1n) is 8.41. The van der Waals surface area contributed by atoms with Gasteiger partial charge in [0.15, 0.2) is 0 Å². The van der Waals surface area contributed by atoms with Crippen LogP contribution in [-0.2, 0) is 9.59 Å². The Morgan fingerprint density at radius 2 is 1.52 bits per heavy atom. The van der Waals surface area contributed by atoms with Crippen LogP contribution in [0.1, 0.15) is 38.5 Å².